The molecule has 1 fully saturated rings. The third-order valence-electron chi connectivity index (χ3n) is 5.22. The molecule has 0 aliphatic carbocycles. The number of ether oxygens (including phenoxy) is 1. The fraction of sp³-hybridized carbons (Fsp3) is 0.400. The van der Waals surface area contributed by atoms with Crippen molar-refractivity contribution < 1.29 is 9.84 Å². The van der Waals surface area contributed by atoms with E-state index >= 15 is 0 Å². The molecule has 0 aromatic heterocycles. The molecule has 126 valence electrons. The quantitative estimate of drug-likeness (QED) is 0.812. The normalized spacial score (nSPS) is 28.6. The minimum Gasteiger partial charge on any atom is -0.394 e. The topological polar surface area (TPSA) is 41.5 Å². The standard InChI is InChI=1S/C20H23NO2S/c1-24-15-8-10-18-17(11-15)20-16(9-7-14(12-22)23-20)19(21-18)13-5-3-2-4-6-13/h2-6,8,10-11,14,16,19-22H,7,9,12H2,1H3/t14-,16+,19+,20+/m0/s1. The Morgan fingerprint density at radius 1 is 1.17 bits per heavy atom. The van der Waals surface area contributed by atoms with E-state index in [-0.39, 0.29) is 24.9 Å². The van der Waals surface area contributed by atoms with Crippen LogP contribution >= 0.6 is 11.8 Å². The van der Waals surface area contributed by atoms with Gasteiger partial charge in [-0.3, -0.25) is 0 Å². The molecule has 4 atom stereocenters. The largest absolute Gasteiger partial charge is 0.394 e. The fourth-order valence-electron chi connectivity index (χ4n) is 3.99. The summed E-state index contributed by atoms with van der Waals surface area (Å²) in [5.74, 6) is 0.389. The Bertz CT molecular complexity index is 706. The Balaban J connectivity index is 1.76. The summed E-state index contributed by atoms with van der Waals surface area (Å²) in [5.41, 5.74) is 3.69. The predicted octanol–water partition coefficient (Wildman–Crippen LogP) is 4.40. The van der Waals surface area contributed by atoms with Crippen molar-refractivity contribution in [1.82, 2.24) is 0 Å². The van der Waals surface area contributed by atoms with Gasteiger partial charge in [0.05, 0.1) is 24.9 Å². The second-order valence-corrected chi connectivity index (χ2v) is 7.47. The summed E-state index contributed by atoms with van der Waals surface area (Å²) in [4.78, 5) is 1.25. The number of hydrogen-bond acceptors (Lipinski definition) is 4. The molecule has 1 saturated heterocycles. The van der Waals surface area contributed by atoms with Crippen LogP contribution in [0.15, 0.2) is 53.4 Å². The lowest BCUT2D eigenvalue weighted by molar-refractivity contribution is -0.110. The van der Waals surface area contributed by atoms with Gasteiger partial charge in [-0.05, 0) is 42.9 Å². The highest BCUT2D eigenvalue weighted by Crippen LogP contribution is 2.50. The summed E-state index contributed by atoms with van der Waals surface area (Å²) in [6.07, 6.45) is 4.07. The highest BCUT2D eigenvalue weighted by atomic mass is 32.2. The van der Waals surface area contributed by atoms with Crippen molar-refractivity contribution in [2.45, 2.75) is 36.0 Å². The van der Waals surface area contributed by atoms with E-state index in [4.69, 9.17) is 4.74 Å². The monoisotopic (exact) mass is 341 g/mol. The van der Waals surface area contributed by atoms with Crippen molar-refractivity contribution in [2.75, 3.05) is 18.2 Å². The zero-order chi connectivity index (χ0) is 16.5. The van der Waals surface area contributed by atoms with E-state index in [9.17, 15) is 5.11 Å². The molecule has 4 heteroatoms. The summed E-state index contributed by atoms with van der Waals surface area (Å²) >= 11 is 1.75. The van der Waals surface area contributed by atoms with E-state index in [1.165, 1.54) is 16.0 Å². The number of thioether (sulfide) groups is 1. The summed E-state index contributed by atoms with van der Waals surface area (Å²) in [6, 6.07) is 17.4. The van der Waals surface area contributed by atoms with Gasteiger partial charge in [0.1, 0.15) is 0 Å². The number of anilines is 1. The first-order valence-electron chi connectivity index (χ1n) is 8.56. The molecule has 0 bridgehead atoms. The van der Waals surface area contributed by atoms with Gasteiger partial charge in [-0.15, -0.1) is 11.8 Å². The van der Waals surface area contributed by atoms with Crippen molar-refractivity contribution in [3.8, 4) is 0 Å². The summed E-state index contributed by atoms with van der Waals surface area (Å²) < 4.78 is 6.32. The fourth-order valence-corrected chi connectivity index (χ4v) is 4.43. The number of fused-ring (bicyclic) bond motifs is 3. The molecule has 0 radical (unpaired) electrons. The van der Waals surface area contributed by atoms with Gasteiger partial charge in [-0.1, -0.05) is 30.3 Å². The maximum Gasteiger partial charge on any atom is 0.0901 e. The molecule has 2 aromatic rings. The van der Waals surface area contributed by atoms with Gasteiger partial charge in [0.25, 0.3) is 0 Å². The number of benzene rings is 2. The van der Waals surface area contributed by atoms with E-state index < -0.39 is 0 Å². The second kappa shape index (κ2) is 6.79. The molecule has 0 unspecified atom stereocenters. The molecule has 2 N–H and O–H groups in total. The molecule has 0 amide bonds. The van der Waals surface area contributed by atoms with Crippen LogP contribution in [-0.2, 0) is 4.74 Å². The summed E-state index contributed by atoms with van der Waals surface area (Å²) in [7, 11) is 0. The smallest absolute Gasteiger partial charge is 0.0901 e. The Labute approximate surface area is 147 Å². The van der Waals surface area contributed by atoms with Crippen LogP contribution in [0.1, 0.15) is 36.1 Å². The highest BCUT2D eigenvalue weighted by Gasteiger charge is 2.42. The summed E-state index contributed by atoms with van der Waals surface area (Å²) in [5, 5.41) is 13.3. The number of aliphatic hydroxyl groups excluding tert-OH is 1. The first kappa shape index (κ1) is 16.0. The van der Waals surface area contributed by atoms with E-state index in [0.29, 0.717) is 5.92 Å². The number of rotatable bonds is 3. The van der Waals surface area contributed by atoms with Crippen molar-refractivity contribution >= 4 is 17.4 Å². The SMILES string of the molecule is CSc1ccc2c(c1)[C@@H]1O[C@H](CO)CC[C@@H]1[C@@H](c1ccccc1)N2. The molecule has 0 saturated carbocycles. The van der Waals surface area contributed by atoms with Gasteiger partial charge in [-0.2, -0.15) is 0 Å². The van der Waals surface area contributed by atoms with Gasteiger partial charge in [0.2, 0.25) is 0 Å². The van der Waals surface area contributed by atoms with Crippen LogP contribution in [0.5, 0.6) is 0 Å². The maximum absolute atomic E-state index is 9.57. The molecule has 24 heavy (non-hydrogen) atoms. The Morgan fingerprint density at radius 2 is 2.00 bits per heavy atom. The van der Waals surface area contributed by atoms with Crippen molar-refractivity contribution in [1.29, 1.82) is 0 Å². The molecule has 0 spiro atoms. The second-order valence-electron chi connectivity index (χ2n) is 6.59. The van der Waals surface area contributed by atoms with E-state index in [0.717, 1.165) is 18.5 Å². The predicted molar refractivity (Wildman–Crippen MR) is 98.5 cm³/mol. The zero-order valence-electron chi connectivity index (χ0n) is 13.8. The first-order valence-corrected chi connectivity index (χ1v) is 9.78. The molecular formula is C20H23NO2S. The molecule has 3 nitrogen and oxygen atoms in total. The molecule has 4 rings (SSSR count). The minimum atomic E-state index is -0.0495. The van der Waals surface area contributed by atoms with Crippen molar-refractivity contribution in [2.24, 2.45) is 5.92 Å². The molecular weight excluding hydrogens is 318 g/mol. The lowest BCUT2D eigenvalue weighted by Crippen LogP contribution is -2.40. The third-order valence-corrected chi connectivity index (χ3v) is 5.94. The first-order chi connectivity index (χ1) is 11.8. The number of aliphatic hydroxyl groups is 1. The van der Waals surface area contributed by atoms with Crippen LogP contribution in [0.2, 0.25) is 0 Å². The van der Waals surface area contributed by atoms with Crippen LogP contribution in [0.25, 0.3) is 0 Å². The van der Waals surface area contributed by atoms with E-state index in [1.807, 2.05) is 0 Å². The average Bonchev–Trinajstić information content (AvgIpc) is 2.67. The Kier molecular flexibility index (Phi) is 4.53. The molecule has 2 aliphatic heterocycles. The van der Waals surface area contributed by atoms with Crippen LogP contribution in [0, 0.1) is 5.92 Å². The van der Waals surface area contributed by atoms with E-state index in [2.05, 4.69) is 60.1 Å². The van der Waals surface area contributed by atoms with Crippen LogP contribution in [-0.4, -0.2) is 24.1 Å². The molecule has 2 aromatic carbocycles. The number of hydrogen-bond donors (Lipinski definition) is 2. The Hall–Kier alpha value is -1.49. The van der Waals surface area contributed by atoms with Gasteiger partial charge < -0.3 is 15.2 Å². The van der Waals surface area contributed by atoms with Gasteiger partial charge in [0, 0.05) is 22.1 Å². The molecule has 2 heterocycles. The lowest BCUT2D eigenvalue weighted by atomic mass is 9.76. The highest BCUT2D eigenvalue weighted by molar-refractivity contribution is 7.98. The molecule has 2 aliphatic rings. The number of nitrogens with one attached hydrogen (secondary N) is 1. The van der Waals surface area contributed by atoms with Crippen molar-refractivity contribution in [3.63, 3.8) is 0 Å². The van der Waals surface area contributed by atoms with Crippen LogP contribution in [0.3, 0.4) is 0 Å². The average molecular weight is 341 g/mol. The van der Waals surface area contributed by atoms with Gasteiger partial charge in [0.15, 0.2) is 0 Å². The Morgan fingerprint density at radius 3 is 2.75 bits per heavy atom. The summed E-state index contributed by atoms with van der Waals surface area (Å²) in [6.45, 7) is 0.101. The van der Waals surface area contributed by atoms with Crippen LogP contribution < -0.4 is 5.32 Å². The third kappa shape index (κ3) is 2.83. The van der Waals surface area contributed by atoms with Crippen molar-refractivity contribution in [3.05, 3.63) is 59.7 Å². The minimum absolute atomic E-state index is 0.0458. The maximum atomic E-state index is 9.57. The van der Waals surface area contributed by atoms with Gasteiger partial charge >= 0.3 is 0 Å². The van der Waals surface area contributed by atoms with Crippen LogP contribution in [0.4, 0.5) is 5.69 Å². The van der Waals surface area contributed by atoms with E-state index in [1.54, 1.807) is 11.8 Å². The lowest BCUT2D eigenvalue weighted by Gasteiger charge is -2.45. The zero-order valence-corrected chi connectivity index (χ0v) is 14.6. The van der Waals surface area contributed by atoms with Gasteiger partial charge in [-0.25, -0.2) is 0 Å².